The van der Waals surface area contributed by atoms with E-state index in [1.54, 1.807) is 13.3 Å². The molecule has 2 aliphatic carbocycles. The van der Waals surface area contributed by atoms with Gasteiger partial charge in [0.2, 0.25) is 6.19 Å². The number of ether oxygens (including phenoxy) is 1. The predicted octanol–water partition coefficient (Wildman–Crippen LogP) is 3.55. The molecule has 0 amide bonds. The Bertz CT molecular complexity index is 846. The number of nitriles is 1. The van der Waals surface area contributed by atoms with Crippen LogP contribution in [0.1, 0.15) is 36.8 Å². The molecule has 4 rings (SSSR count). The average Bonchev–Trinajstić information content (AvgIpc) is 2.96. The molecule has 1 aromatic carbocycles. The van der Waals surface area contributed by atoms with Crippen molar-refractivity contribution in [3.8, 4) is 17.5 Å². The van der Waals surface area contributed by atoms with E-state index in [9.17, 15) is 5.26 Å². The van der Waals surface area contributed by atoms with Crippen LogP contribution in [0.15, 0.2) is 41.5 Å². The van der Waals surface area contributed by atoms with Gasteiger partial charge in [0.1, 0.15) is 0 Å². The minimum Gasteiger partial charge on any atom is -0.381 e. The lowest BCUT2D eigenvalue weighted by Crippen LogP contribution is -2.35. The zero-order valence-electron chi connectivity index (χ0n) is 14.3. The first-order chi connectivity index (χ1) is 12.3. The molecule has 1 heterocycles. The van der Waals surface area contributed by atoms with Gasteiger partial charge in [-0.25, -0.2) is 0 Å². The highest BCUT2D eigenvalue weighted by Gasteiger charge is 2.45. The number of benzene rings is 1. The van der Waals surface area contributed by atoms with Crippen molar-refractivity contribution in [2.24, 2.45) is 10.4 Å². The standard InChI is InChI=1S/C20H20N4O/c1-25-16-6-8-20(9-7-16)12-15-5-4-14(18-3-2-10-23-24-18)11-17(15)19(20)22-13-21/h2-5,10-11,16H,6-9,12H2,1H3. The van der Waals surface area contributed by atoms with Crippen LogP contribution in [0.4, 0.5) is 0 Å². The number of aromatic nitrogens is 2. The molecular formula is C20H20N4O. The average molecular weight is 332 g/mol. The molecule has 2 aromatic rings. The van der Waals surface area contributed by atoms with Crippen molar-refractivity contribution < 1.29 is 4.74 Å². The smallest absolute Gasteiger partial charge is 0.205 e. The molecule has 0 saturated heterocycles. The Morgan fingerprint density at radius 3 is 2.80 bits per heavy atom. The fourth-order valence-corrected chi connectivity index (χ4v) is 4.32. The molecule has 0 bridgehead atoms. The van der Waals surface area contributed by atoms with E-state index in [2.05, 4.69) is 33.4 Å². The van der Waals surface area contributed by atoms with Crippen molar-refractivity contribution in [1.82, 2.24) is 10.2 Å². The van der Waals surface area contributed by atoms with E-state index in [0.29, 0.717) is 6.10 Å². The Labute approximate surface area is 147 Å². The van der Waals surface area contributed by atoms with E-state index in [1.165, 1.54) is 5.56 Å². The van der Waals surface area contributed by atoms with Crippen molar-refractivity contribution in [2.75, 3.05) is 7.11 Å². The second kappa shape index (κ2) is 6.38. The largest absolute Gasteiger partial charge is 0.381 e. The van der Waals surface area contributed by atoms with Gasteiger partial charge in [0.05, 0.1) is 17.5 Å². The van der Waals surface area contributed by atoms with Gasteiger partial charge in [-0.1, -0.05) is 12.1 Å². The molecule has 5 heteroatoms. The molecule has 0 atom stereocenters. The van der Waals surface area contributed by atoms with Crippen molar-refractivity contribution in [3.63, 3.8) is 0 Å². The Kier molecular flexibility index (Phi) is 4.06. The van der Waals surface area contributed by atoms with Gasteiger partial charge in [0, 0.05) is 29.8 Å². The summed E-state index contributed by atoms with van der Waals surface area (Å²) in [5.41, 5.74) is 5.16. The summed E-state index contributed by atoms with van der Waals surface area (Å²) in [5.74, 6) is 0. The summed E-state index contributed by atoms with van der Waals surface area (Å²) >= 11 is 0. The quantitative estimate of drug-likeness (QED) is 0.789. The van der Waals surface area contributed by atoms with Gasteiger partial charge in [-0.3, -0.25) is 0 Å². The van der Waals surface area contributed by atoms with Crippen molar-refractivity contribution in [3.05, 3.63) is 47.7 Å². The minimum atomic E-state index is -0.0198. The number of methoxy groups -OCH3 is 1. The molecule has 0 aliphatic heterocycles. The maximum absolute atomic E-state index is 9.27. The second-order valence-corrected chi connectivity index (χ2v) is 6.93. The van der Waals surface area contributed by atoms with Crippen LogP contribution in [0.5, 0.6) is 0 Å². The molecule has 1 saturated carbocycles. The van der Waals surface area contributed by atoms with Crippen LogP contribution in [0.2, 0.25) is 0 Å². The third kappa shape index (κ3) is 2.73. The Balaban J connectivity index is 1.74. The van der Waals surface area contributed by atoms with Crippen LogP contribution in [-0.4, -0.2) is 29.1 Å². The van der Waals surface area contributed by atoms with Gasteiger partial charge in [-0.05, 0) is 55.9 Å². The molecule has 0 radical (unpaired) electrons. The number of fused-ring (bicyclic) bond motifs is 1. The highest BCUT2D eigenvalue weighted by molar-refractivity contribution is 6.10. The number of aliphatic imine (C=N–C) groups is 1. The molecule has 1 fully saturated rings. The summed E-state index contributed by atoms with van der Waals surface area (Å²) in [4.78, 5) is 4.27. The monoisotopic (exact) mass is 332 g/mol. The topological polar surface area (TPSA) is 71.2 Å². The summed E-state index contributed by atoms with van der Waals surface area (Å²) in [6, 6.07) is 10.2. The number of rotatable bonds is 2. The zero-order chi connectivity index (χ0) is 17.3. The third-order valence-electron chi connectivity index (χ3n) is 5.65. The maximum atomic E-state index is 9.27. The van der Waals surface area contributed by atoms with E-state index in [1.807, 2.05) is 18.3 Å². The SMILES string of the molecule is COC1CCC2(CC1)Cc1ccc(-c3cccnn3)cc1C2=NC#N. The van der Waals surface area contributed by atoms with Crippen LogP contribution in [0.25, 0.3) is 11.3 Å². The normalized spacial score (nSPS) is 26.6. The summed E-state index contributed by atoms with van der Waals surface area (Å²) in [6.07, 6.45) is 9.06. The summed E-state index contributed by atoms with van der Waals surface area (Å²) < 4.78 is 5.52. The van der Waals surface area contributed by atoms with Crippen LogP contribution in [-0.2, 0) is 11.2 Å². The number of nitrogens with zero attached hydrogens (tertiary/aromatic N) is 4. The summed E-state index contributed by atoms with van der Waals surface area (Å²) in [6.45, 7) is 0. The molecule has 1 spiro atoms. The van der Waals surface area contributed by atoms with Gasteiger partial charge >= 0.3 is 0 Å². The molecular weight excluding hydrogens is 312 g/mol. The van der Waals surface area contributed by atoms with Gasteiger partial charge in [0.15, 0.2) is 0 Å². The first kappa shape index (κ1) is 15.9. The first-order valence-corrected chi connectivity index (χ1v) is 8.67. The molecule has 126 valence electrons. The van der Waals surface area contributed by atoms with Crippen LogP contribution in [0.3, 0.4) is 0 Å². The first-order valence-electron chi connectivity index (χ1n) is 8.67. The Hall–Kier alpha value is -2.58. The second-order valence-electron chi connectivity index (χ2n) is 6.93. The van der Waals surface area contributed by atoms with Gasteiger partial charge in [0.25, 0.3) is 0 Å². The lowest BCUT2D eigenvalue weighted by molar-refractivity contribution is 0.0468. The Morgan fingerprint density at radius 1 is 1.28 bits per heavy atom. The van der Waals surface area contributed by atoms with Crippen LogP contribution < -0.4 is 0 Å². The predicted molar refractivity (Wildman–Crippen MR) is 95.0 cm³/mol. The fraction of sp³-hybridized carbons (Fsp3) is 0.400. The highest BCUT2D eigenvalue weighted by Crippen LogP contribution is 2.48. The van der Waals surface area contributed by atoms with Crippen LogP contribution >= 0.6 is 0 Å². The molecule has 2 aliphatic rings. The van der Waals surface area contributed by atoms with Gasteiger partial charge in [-0.15, -0.1) is 0 Å². The summed E-state index contributed by atoms with van der Waals surface area (Å²) in [5, 5.41) is 17.4. The minimum absolute atomic E-state index is 0.0198. The lowest BCUT2D eigenvalue weighted by atomic mass is 9.70. The maximum Gasteiger partial charge on any atom is 0.205 e. The van der Waals surface area contributed by atoms with Crippen LogP contribution in [0, 0.1) is 16.9 Å². The number of hydrogen-bond donors (Lipinski definition) is 0. The van der Waals surface area contributed by atoms with Gasteiger partial charge < -0.3 is 4.74 Å². The summed E-state index contributed by atoms with van der Waals surface area (Å²) in [7, 11) is 1.78. The third-order valence-corrected chi connectivity index (χ3v) is 5.65. The van der Waals surface area contributed by atoms with Crippen molar-refractivity contribution in [1.29, 1.82) is 5.26 Å². The Morgan fingerprint density at radius 2 is 2.12 bits per heavy atom. The highest BCUT2D eigenvalue weighted by atomic mass is 16.5. The molecule has 5 nitrogen and oxygen atoms in total. The van der Waals surface area contributed by atoms with E-state index in [4.69, 9.17) is 4.74 Å². The zero-order valence-corrected chi connectivity index (χ0v) is 14.3. The number of hydrogen-bond acceptors (Lipinski definition) is 5. The molecule has 1 aromatic heterocycles. The fourth-order valence-electron chi connectivity index (χ4n) is 4.32. The molecule has 0 unspecified atom stereocenters. The molecule has 0 N–H and O–H groups in total. The van der Waals surface area contributed by atoms with E-state index >= 15 is 0 Å². The van der Waals surface area contributed by atoms with Gasteiger partial charge in [-0.2, -0.15) is 20.5 Å². The van der Waals surface area contributed by atoms with Crippen molar-refractivity contribution >= 4 is 5.71 Å². The van der Waals surface area contributed by atoms with Crippen molar-refractivity contribution in [2.45, 2.75) is 38.2 Å². The van der Waals surface area contributed by atoms with E-state index < -0.39 is 0 Å². The van der Waals surface area contributed by atoms with E-state index in [0.717, 1.165) is 54.6 Å². The lowest BCUT2D eigenvalue weighted by Gasteiger charge is -2.36. The molecule has 25 heavy (non-hydrogen) atoms. The van der Waals surface area contributed by atoms with E-state index in [-0.39, 0.29) is 5.41 Å².